The Labute approximate surface area is 124 Å². The van der Waals surface area contributed by atoms with Gasteiger partial charge >= 0.3 is 0 Å². The first-order valence-corrected chi connectivity index (χ1v) is 7.94. The molecule has 0 heterocycles. The van der Waals surface area contributed by atoms with Crippen LogP contribution < -0.4 is 0 Å². The number of benzene rings is 1. The Morgan fingerprint density at radius 3 is 2.26 bits per heavy atom. The van der Waals surface area contributed by atoms with Gasteiger partial charge in [0.1, 0.15) is 0 Å². The van der Waals surface area contributed by atoms with Crippen molar-refractivity contribution in [1.29, 1.82) is 0 Å². The van der Waals surface area contributed by atoms with Crippen LogP contribution in [0.3, 0.4) is 0 Å². The van der Waals surface area contributed by atoms with Crippen molar-refractivity contribution in [2.75, 3.05) is 14.1 Å². The zero-order valence-electron chi connectivity index (χ0n) is 11.9. The number of rotatable bonds is 4. The summed E-state index contributed by atoms with van der Waals surface area (Å²) in [4.78, 5) is 2.22. The number of halogens is 1. The minimum Gasteiger partial charge on any atom is -0.390 e. The smallest absolute Gasteiger partial charge is 0.0666 e. The van der Waals surface area contributed by atoms with E-state index >= 15 is 0 Å². The van der Waals surface area contributed by atoms with Crippen molar-refractivity contribution in [3.63, 3.8) is 0 Å². The molecule has 3 heteroatoms. The lowest BCUT2D eigenvalue weighted by Crippen LogP contribution is -2.36. The van der Waals surface area contributed by atoms with Crippen LogP contribution in [0.5, 0.6) is 0 Å². The molecule has 1 aromatic carbocycles. The molecule has 0 radical (unpaired) electrons. The van der Waals surface area contributed by atoms with Gasteiger partial charge in [-0.25, -0.2) is 0 Å². The number of aliphatic hydroxyl groups is 1. The fourth-order valence-electron chi connectivity index (χ4n) is 3.06. The van der Waals surface area contributed by atoms with Gasteiger partial charge in [-0.15, -0.1) is 0 Å². The molecule has 106 valence electrons. The standard InChI is InChI=1S/C16H24BrNO/c1-18(2)15(13-6-8-14(17)9-7-13)12-16(19)10-4-3-5-11-16/h6-9,15,19H,3-5,10-12H2,1-2H3. The van der Waals surface area contributed by atoms with Gasteiger partial charge in [0.15, 0.2) is 0 Å². The van der Waals surface area contributed by atoms with Gasteiger partial charge in [-0.05, 0) is 51.1 Å². The van der Waals surface area contributed by atoms with Gasteiger partial charge in [-0.1, -0.05) is 47.3 Å². The minimum absolute atomic E-state index is 0.288. The molecule has 2 nitrogen and oxygen atoms in total. The van der Waals surface area contributed by atoms with Crippen molar-refractivity contribution in [2.24, 2.45) is 0 Å². The second kappa shape index (κ2) is 6.38. The molecule has 0 bridgehead atoms. The predicted molar refractivity (Wildman–Crippen MR) is 83.2 cm³/mol. The van der Waals surface area contributed by atoms with Gasteiger partial charge in [0, 0.05) is 10.5 Å². The summed E-state index contributed by atoms with van der Waals surface area (Å²) in [6, 6.07) is 8.76. The van der Waals surface area contributed by atoms with Crippen LogP contribution in [0, 0.1) is 0 Å². The van der Waals surface area contributed by atoms with E-state index in [-0.39, 0.29) is 6.04 Å². The highest BCUT2D eigenvalue weighted by molar-refractivity contribution is 9.10. The molecule has 0 saturated heterocycles. The number of nitrogens with zero attached hydrogens (tertiary/aromatic N) is 1. The first-order valence-electron chi connectivity index (χ1n) is 7.14. The maximum Gasteiger partial charge on any atom is 0.0666 e. The molecule has 1 saturated carbocycles. The molecule has 19 heavy (non-hydrogen) atoms. The molecule has 1 aliphatic carbocycles. The van der Waals surface area contributed by atoms with Crippen molar-refractivity contribution >= 4 is 15.9 Å². The maximum atomic E-state index is 10.8. The molecular formula is C16H24BrNO. The van der Waals surface area contributed by atoms with Crippen LogP contribution in [0.15, 0.2) is 28.7 Å². The summed E-state index contributed by atoms with van der Waals surface area (Å²) < 4.78 is 1.10. The van der Waals surface area contributed by atoms with Gasteiger partial charge in [-0.3, -0.25) is 0 Å². The summed E-state index contributed by atoms with van der Waals surface area (Å²) in [6.07, 6.45) is 6.34. The second-order valence-corrected chi connectivity index (χ2v) is 6.94. The van der Waals surface area contributed by atoms with E-state index in [0.29, 0.717) is 0 Å². The summed E-state index contributed by atoms with van der Waals surface area (Å²) in [5.74, 6) is 0. The molecule has 1 fully saturated rings. The molecule has 1 aliphatic rings. The Balaban J connectivity index is 2.14. The molecule has 2 rings (SSSR count). The molecule has 0 aliphatic heterocycles. The molecule has 0 aromatic heterocycles. The Kier molecular flexibility index (Phi) is 5.04. The highest BCUT2D eigenvalue weighted by atomic mass is 79.9. The molecular weight excluding hydrogens is 302 g/mol. The van der Waals surface area contributed by atoms with Crippen LogP contribution in [-0.4, -0.2) is 29.7 Å². The Bertz CT molecular complexity index is 396. The van der Waals surface area contributed by atoms with Crippen LogP contribution in [0.2, 0.25) is 0 Å². The summed E-state index contributed by atoms with van der Waals surface area (Å²) in [5.41, 5.74) is 0.812. The van der Waals surface area contributed by atoms with Crippen LogP contribution in [-0.2, 0) is 0 Å². The van der Waals surface area contributed by atoms with E-state index in [1.165, 1.54) is 12.0 Å². The third kappa shape index (κ3) is 4.04. The first kappa shape index (κ1) is 15.0. The Morgan fingerprint density at radius 2 is 1.74 bits per heavy atom. The fraction of sp³-hybridized carbons (Fsp3) is 0.625. The lowest BCUT2D eigenvalue weighted by molar-refractivity contribution is -0.0227. The fourth-order valence-corrected chi connectivity index (χ4v) is 3.32. The molecule has 1 aromatic rings. The van der Waals surface area contributed by atoms with Crippen molar-refractivity contribution in [3.05, 3.63) is 34.3 Å². The van der Waals surface area contributed by atoms with E-state index < -0.39 is 5.60 Å². The van der Waals surface area contributed by atoms with Gasteiger partial charge < -0.3 is 10.0 Å². The largest absolute Gasteiger partial charge is 0.390 e. The highest BCUT2D eigenvalue weighted by Crippen LogP contribution is 2.37. The van der Waals surface area contributed by atoms with Crippen molar-refractivity contribution < 1.29 is 5.11 Å². The summed E-state index contributed by atoms with van der Waals surface area (Å²) in [7, 11) is 4.19. The van der Waals surface area contributed by atoms with E-state index in [1.807, 2.05) is 0 Å². The third-order valence-corrected chi connectivity index (χ3v) is 4.76. The van der Waals surface area contributed by atoms with Crippen molar-refractivity contribution in [3.8, 4) is 0 Å². The average molecular weight is 326 g/mol. The SMILES string of the molecule is CN(C)C(CC1(O)CCCCC1)c1ccc(Br)cc1. The van der Waals surface area contributed by atoms with E-state index in [2.05, 4.69) is 59.2 Å². The van der Waals surface area contributed by atoms with E-state index in [9.17, 15) is 5.11 Å². The number of hydrogen-bond acceptors (Lipinski definition) is 2. The summed E-state index contributed by atoms with van der Waals surface area (Å²) in [5, 5.41) is 10.8. The predicted octanol–water partition coefficient (Wildman–Crippen LogP) is 4.14. The van der Waals surface area contributed by atoms with E-state index in [4.69, 9.17) is 0 Å². The third-order valence-electron chi connectivity index (χ3n) is 4.24. The zero-order chi connectivity index (χ0) is 13.9. The van der Waals surface area contributed by atoms with Gasteiger partial charge in [-0.2, -0.15) is 0 Å². The van der Waals surface area contributed by atoms with Crippen LogP contribution in [0.4, 0.5) is 0 Å². The molecule has 1 atom stereocenters. The highest BCUT2D eigenvalue weighted by Gasteiger charge is 2.33. The van der Waals surface area contributed by atoms with Gasteiger partial charge in [0.2, 0.25) is 0 Å². The van der Waals surface area contributed by atoms with Crippen LogP contribution in [0.25, 0.3) is 0 Å². The topological polar surface area (TPSA) is 23.5 Å². The number of hydrogen-bond donors (Lipinski definition) is 1. The summed E-state index contributed by atoms with van der Waals surface area (Å²) >= 11 is 3.48. The second-order valence-electron chi connectivity index (χ2n) is 6.02. The van der Waals surface area contributed by atoms with E-state index in [0.717, 1.165) is 36.6 Å². The zero-order valence-corrected chi connectivity index (χ0v) is 13.5. The first-order chi connectivity index (χ1) is 9.00. The summed E-state index contributed by atoms with van der Waals surface area (Å²) in [6.45, 7) is 0. The van der Waals surface area contributed by atoms with E-state index in [1.54, 1.807) is 0 Å². The minimum atomic E-state index is -0.472. The normalized spacial score (nSPS) is 20.5. The van der Waals surface area contributed by atoms with Crippen molar-refractivity contribution in [2.45, 2.75) is 50.2 Å². The van der Waals surface area contributed by atoms with Crippen LogP contribution in [0.1, 0.15) is 50.1 Å². The Morgan fingerprint density at radius 1 is 1.16 bits per heavy atom. The lowest BCUT2D eigenvalue weighted by Gasteiger charge is -2.37. The Hall–Kier alpha value is -0.380. The monoisotopic (exact) mass is 325 g/mol. The quantitative estimate of drug-likeness (QED) is 0.899. The molecule has 1 unspecified atom stereocenters. The van der Waals surface area contributed by atoms with Crippen LogP contribution >= 0.6 is 15.9 Å². The molecule has 1 N–H and O–H groups in total. The lowest BCUT2D eigenvalue weighted by atomic mass is 9.79. The molecule has 0 spiro atoms. The van der Waals surface area contributed by atoms with Gasteiger partial charge in [0.05, 0.1) is 5.60 Å². The van der Waals surface area contributed by atoms with Crippen molar-refractivity contribution in [1.82, 2.24) is 4.90 Å². The molecule has 0 amide bonds. The average Bonchev–Trinajstić information content (AvgIpc) is 2.38. The maximum absolute atomic E-state index is 10.8. The van der Waals surface area contributed by atoms with Gasteiger partial charge in [0.25, 0.3) is 0 Å².